The summed E-state index contributed by atoms with van der Waals surface area (Å²) in [5, 5.41) is 0.428. The molecule has 1 rings (SSSR count). The van der Waals surface area contributed by atoms with Crippen molar-refractivity contribution in [2.24, 2.45) is 0 Å². The normalized spacial score (nSPS) is 10.9. The molecule has 1 amide bonds. The molecule has 0 saturated carbocycles. The standard InChI is InChI=1S/C11H19N3O2S/c1-7(2)16-6-5-14(4)10(15)9-8(3)13-11(12)17-9/h7H,5-6H2,1-4H3,(H2,12,13). The molecule has 0 aliphatic heterocycles. The smallest absolute Gasteiger partial charge is 0.265 e. The van der Waals surface area contributed by atoms with Crippen LogP contribution < -0.4 is 5.73 Å². The highest BCUT2D eigenvalue weighted by Crippen LogP contribution is 2.20. The van der Waals surface area contributed by atoms with E-state index in [9.17, 15) is 4.79 Å². The largest absolute Gasteiger partial charge is 0.377 e. The number of anilines is 1. The van der Waals surface area contributed by atoms with Crippen LogP contribution in [0.15, 0.2) is 0 Å². The van der Waals surface area contributed by atoms with Gasteiger partial charge in [0.1, 0.15) is 4.88 Å². The minimum atomic E-state index is -0.0518. The van der Waals surface area contributed by atoms with Gasteiger partial charge < -0.3 is 15.4 Å². The lowest BCUT2D eigenvalue weighted by Crippen LogP contribution is -2.30. The molecule has 5 nitrogen and oxygen atoms in total. The maximum atomic E-state index is 12.0. The van der Waals surface area contributed by atoms with Gasteiger partial charge in [-0.25, -0.2) is 4.98 Å². The zero-order valence-electron chi connectivity index (χ0n) is 10.7. The zero-order chi connectivity index (χ0) is 13.0. The lowest BCUT2D eigenvalue weighted by atomic mass is 10.3. The number of aromatic nitrogens is 1. The third-order valence-corrected chi connectivity index (χ3v) is 3.21. The van der Waals surface area contributed by atoms with Crippen LogP contribution >= 0.6 is 11.3 Å². The van der Waals surface area contributed by atoms with Gasteiger partial charge in [0, 0.05) is 13.6 Å². The lowest BCUT2D eigenvalue weighted by Gasteiger charge is -2.17. The first kappa shape index (κ1) is 13.9. The highest BCUT2D eigenvalue weighted by Gasteiger charge is 2.17. The predicted molar refractivity (Wildman–Crippen MR) is 69.3 cm³/mol. The van der Waals surface area contributed by atoms with Crippen molar-refractivity contribution >= 4 is 22.4 Å². The van der Waals surface area contributed by atoms with Gasteiger partial charge in [-0.15, -0.1) is 0 Å². The summed E-state index contributed by atoms with van der Waals surface area (Å²) in [6.45, 7) is 6.83. The number of amides is 1. The van der Waals surface area contributed by atoms with Gasteiger partial charge in [0.25, 0.3) is 5.91 Å². The summed E-state index contributed by atoms with van der Waals surface area (Å²) in [6.07, 6.45) is 0.180. The fourth-order valence-electron chi connectivity index (χ4n) is 1.32. The third-order valence-electron chi connectivity index (χ3n) is 2.23. The second kappa shape index (κ2) is 5.97. The molecule has 17 heavy (non-hydrogen) atoms. The molecule has 0 aliphatic carbocycles. The summed E-state index contributed by atoms with van der Waals surface area (Å²) in [7, 11) is 1.75. The van der Waals surface area contributed by atoms with Crippen LogP contribution in [0.3, 0.4) is 0 Å². The number of thiazole rings is 1. The van der Waals surface area contributed by atoms with E-state index in [0.717, 1.165) is 0 Å². The van der Waals surface area contributed by atoms with Gasteiger partial charge in [-0.2, -0.15) is 0 Å². The van der Waals surface area contributed by atoms with Crippen LogP contribution in [0.5, 0.6) is 0 Å². The lowest BCUT2D eigenvalue weighted by molar-refractivity contribution is 0.0534. The van der Waals surface area contributed by atoms with Gasteiger partial charge in [0.2, 0.25) is 0 Å². The minimum Gasteiger partial charge on any atom is -0.377 e. The number of carbonyl (C=O) groups excluding carboxylic acids is 1. The van der Waals surface area contributed by atoms with Crippen molar-refractivity contribution in [1.82, 2.24) is 9.88 Å². The SMILES string of the molecule is Cc1nc(N)sc1C(=O)N(C)CCOC(C)C. The quantitative estimate of drug-likeness (QED) is 0.868. The Morgan fingerprint density at radius 2 is 2.24 bits per heavy atom. The van der Waals surface area contributed by atoms with Gasteiger partial charge in [-0.3, -0.25) is 4.79 Å². The summed E-state index contributed by atoms with van der Waals surface area (Å²) in [4.78, 5) is 18.3. The molecule has 96 valence electrons. The molecule has 6 heteroatoms. The van der Waals surface area contributed by atoms with Gasteiger partial charge in [-0.1, -0.05) is 11.3 Å². The van der Waals surface area contributed by atoms with Crippen molar-refractivity contribution in [3.05, 3.63) is 10.6 Å². The Hall–Kier alpha value is -1.14. The Morgan fingerprint density at radius 1 is 1.59 bits per heavy atom. The topological polar surface area (TPSA) is 68.5 Å². The van der Waals surface area contributed by atoms with Crippen molar-refractivity contribution in [3.63, 3.8) is 0 Å². The molecule has 0 spiro atoms. The van der Waals surface area contributed by atoms with Crippen LogP contribution in [0.25, 0.3) is 0 Å². The fourth-order valence-corrected chi connectivity index (χ4v) is 2.14. The number of rotatable bonds is 5. The second-order valence-corrected chi connectivity index (χ2v) is 5.14. The summed E-state index contributed by atoms with van der Waals surface area (Å²) in [5.41, 5.74) is 6.26. The van der Waals surface area contributed by atoms with Crippen LogP contribution in [0.1, 0.15) is 29.2 Å². The molecule has 0 saturated heterocycles. The number of hydrogen-bond donors (Lipinski definition) is 1. The van der Waals surface area contributed by atoms with Crippen LogP contribution in [0.4, 0.5) is 5.13 Å². The molecule has 0 aliphatic rings. The Morgan fingerprint density at radius 3 is 2.71 bits per heavy atom. The first-order chi connectivity index (χ1) is 7.91. The summed E-state index contributed by atoms with van der Waals surface area (Å²) >= 11 is 1.23. The molecule has 2 N–H and O–H groups in total. The van der Waals surface area contributed by atoms with E-state index in [-0.39, 0.29) is 12.0 Å². The first-order valence-electron chi connectivity index (χ1n) is 5.51. The average molecular weight is 257 g/mol. The van der Waals surface area contributed by atoms with E-state index in [0.29, 0.717) is 28.9 Å². The second-order valence-electron chi connectivity index (χ2n) is 4.11. The van der Waals surface area contributed by atoms with Gasteiger partial charge in [0.15, 0.2) is 5.13 Å². The monoisotopic (exact) mass is 257 g/mol. The molecular formula is C11H19N3O2S. The highest BCUT2D eigenvalue weighted by atomic mass is 32.1. The van der Waals surface area contributed by atoms with Crippen LogP contribution in [-0.2, 0) is 4.74 Å². The van der Waals surface area contributed by atoms with E-state index in [4.69, 9.17) is 10.5 Å². The van der Waals surface area contributed by atoms with Gasteiger partial charge in [0.05, 0.1) is 18.4 Å². The molecule has 1 aromatic heterocycles. The molecular weight excluding hydrogens is 238 g/mol. The third kappa shape index (κ3) is 3.98. The predicted octanol–water partition coefficient (Wildman–Crippen LogP) is 1.53. The number of carbonyl (C=O) groups is 1. The number of nitrogens with two attached hydrogens (primary N) is 1. The van der Waals surface area contributed by atoms with Crippen molar-refractivity contribution in [2.45, 2.75) is 26.9 Å². The molecule has 0 radical (unpaired) electrons. The Labute approximate surface area is 106 Å². The van der Waals surface area contributed by atoms with Gasteiger partial charge in [-0.05, 0) is 20.8 Å². The molecule has 0 aromatic carbocycles. The molecule has 1 aromatic rings. The van der Waals surface area contributed by atoms with Crippen molar-refractivity contribution < 1.29 is 9.53 Å². The zero-order valence-corrected chi connectivity index (χ0v) is 11.5. The highest BCUT2D eigenvalue weighted by molar-refractivity contribution is 7.17. The summed E-state index contributed by atoms with van der Waals surface area (Å²) in [5.74, 6) is -0.0518. The van der Waals surface area contributed by atoms with E-state index in [2.05, 4.69) is 4.98 Å². The van der Waals surface area contributed by atoms with Crippen LogP contribution in [0.2, 0.25) is 0 Å². The average Bonchev–Trinajstić information content (AvgIpc) is 2.56. The Kier molecular flexibility index (Phi) is 4.89. The van der Waals surface area contributed by atoms with E-state index in [1.807, 2.05) is 13.8 Å². The van der Waals surface area contributed by atoms with Crippen LogP contribution in [-0.4, -0.2) is 42.1 Å². The van der Waals surface area contributed by atoms with E-state index >= 15 is 0 Å². The van der Waals surface area contributed by atoms with Crippen LogP contribution in [0, 0.1) is 6.92 Å². The maximum Gasteiger partial charge on any atom is 0.265 e. The van der Waals surface area contributed by atoms with E-state index in [1.165, 1.54) is 11.3 Å². The Bertz CT molecular complexity index is 390. The van der Waals surface area contributed by atoms with Crippen molar-refractivity contribution in [2.75, 3.05) is 25.9 Å². The number of aryl methyl sites for hydroxylation is 1. The minimum absolute atomic E-state index is 0.0518. The number of nitrogens with zero attached hydrogens (tertiary/aromatic N) is 2. The molecule has 0 atom stereocenters. The fraction of sp³-hybridized carbons (Fsp3) is 0.636. The number of ether oxygens (including phenoxy) is 1. The summed E-state index contributed by atoms with van der Waals surface area (Å²) < 4.78 is 5.40. The van der Waals surface area contributed by atoms with E-state index < -0.39 is 0 Å². The van der Waals surface area contributed by atoms with E-state index in [1.54, 1.807) is 18.9 Å². The number of likely N-dealkylation sites (N-methyl/N-ethyl adjacent to an activating group) is 1. The Balaban J connectivity index is 2.55. The molecule has 0 bridgehead atoms. The summed E-state index contributed by atoms with van der Waals surface area (Å²) in [6, 6.07) is 0. The number of hydrogen-bond acceptors (Lipinski definition) is 5. The molecule has 0 unspecified atom stereocenters. The van der Waals surface area contributed by atoms with Crippen molar-refractivity contribution in [3.8, 4) is 0 Å². The van der Waals surface area contributed by atoms with Crippen molar-refractivity contribution in [1.29, 1.82) is 0 Å². The molecule has 0 fully saturated rings. The number of nitrogen functional groups attached to an aromatic ring is 1. The first-order valence-corrected chi connectivity index (χ1v) is 6.33. The molecule has 1 heterocycles. The van der Waals surface area contributed by atoms with Gasteiger partial charge >= 0.3 is 0 Å². The maximum absolute atomic E-state index is 12.0.